The molecule has 0 saturated carbocycles. The number of hydrogen-bond acceptors (Lipinski definition) is 2. The van der Waals surface area contributed by atoms with Crippen molar-refractivity contribution >= 4 is 21.8 Å². The van der Waals surface area contributed by atoms with Crippen molar-refractivity contribution in [2.75, 3.05) is 20.2 Å². The number of ether oxygens (including phenoxy) is 1. The molecule has 1 aliphatic heterocycles. The van der Waals surface area contributed by atoms with E-state index in [1.807, 2.05) is 0 Å². The number of methoxy groups -OCH3 is 1. The van der Waals surface area contributed by atoms with E-state index < -0.39 is 17.6 Å². The van der Waals surface area contributed by atoms with E-state index in [1.54, 1.807) is 7.11 Å². The van der Waals surface area contributed by atoms with Crippen LogP contribution in [-0.4, -0.2) is 37.1 Å². The fraction of sp³-hybridized carbons (Fsp3) is 0.500. The number of hydrogen-bond donors (Lipinski definition) is 0. The summed E-state index contributed by atoms with van der Waals surface area (Å²) in [6, 6.07) is 3.59. The van der Waals surface area contributed by atoms with E-state index in [-0.39, 0.29) is 11.7 Å². The van der Waals surface area contributed by atoms with Gasteiger partial charge in [-0.25, -0.2) is 0 Å². The fourth-order valence-electron chi connectivity index (χ4n) is 2.42. The average molecular weight is 366 g/mol. The van der Waals surface area contributed by atoms with Crippen molar-refractivity contribution in [1.82, 2.24) is 4.90 Å². The summed E-state index contributed by atoms with van der Waals surface area (Å²) in [7, 11) is 1.54. The van der Waals surface area contributed by atoms with E-state index in [0.29, 0.717) is 17.6 Å². The maximum absolute atomic E-state index is 13.1. The zero-order valence-electron chi connectivity index (χ0n) is 11.4. The number of rotatable bonds is 2. The molecular weight excluding hydrogens is 351 g/mol. The van der Waals surface area contributed by atoms with Gasteiger partial charge in [0.2, 0.25) is 0 Å². The predicted octanol–water partition coefficient (Wildman–Crippen LogP) is 3.72. The molecule has 0 bridgehead atoms. The van der Waals surface area contributed by atoms with Crippen molar-refractivity contribution in [3.05, 3.63) is 33.8 Å². The number of halogens is 4. The van der Waals surface area contributed by atoms with E-state index in [1.165, 1.54) is 17.0 Å². The van der Waals surface area contributed by atoms with Gasteiger partial charge in [-0.2, -0.15) is 13.2 Å². The van der Waals surface area contributed by atoms with Crippen molar-refractivity contribution in [3.8, 4) is 0 Å². The Morgan fingerprint density at radius 3 is 2.76 bits per heavy atom. The van der Waals surface area contributed by atoms with Gasteiger partial charge in [-0.05, 0) is 31.0 Å². The van der Waals surface area contributed by atoms with Crippen LogP contribution in [0.3, 0.4) is 0 Å². The summed E-state index contributed by atoms with van der Waals surface area (Å²) in [5, 5.41) is 0. The van der Waals surface area contributed by atoms with Crippen LogP contribution in [0.25, 0.3) is 0 Å². The lowest BCUT2D eigenvalue weighted by Crippen LogP contribution is -2.43. The Morgan fingerprint density at radius 1 is 1.43 bits per heavy atom. The first-order valence-corrected chi connectivity index (χ1v) is 7.31. The molecule has 0 radical (unpaired) electrons. The van der Waals surface area contributed by atoms with Crippen molar-refractivity contribution in [2.45, 2.75) is 25.1 Å². The number of benzene rings is 1. The Kier molecular flexibility index (Phi) is 4.93. The summed E-state index contributed by atoms with van der Waals surface area (Å²) in [6.07, 6.45) is -3.15. The highest BCUT2D eigenvalue weighted by molar-refractivity contribution is 9.10. The largest absolute Gasteiger partial charge is 0.417 e. The normalized spacial score (nSPS) is 19.7. The molecule has 1 amide bonds. The van der Waals surface area contributed by atoms with Crippen LogP contribution in [0.4, 0.5) is 13.2 Å². The van der Waals surface area contributed by atoms with Crippen LogP contribution in [0.5, 0.6) is 0 Å². The molecule has 0 N–H and O–H groups in total. The summed E-state index contributed by atoms with van der Waals surface area (Å²) < 4.78 is 44.7. The monoisotopic (exact) mass is 365 g/mol. The predicted molar refractivity (Wildman–Crippen MR) is 75.1 cm³/mol. The second kappa shape index (κ2) is 6.36. The maximum Gasteiger partial charge on any atom is 0.417 e. The fourth-order valence-corrected chi connectivity index (χ4v) is 2.78. The van der Waals surface area contributed by atoms with Crippen molar-refractivity contribution in [3.63, 3.8) is 0 Å². The molecular formula is C14H15BrF3NO2. The molecule has 1 heterocycles. The SMILES string of the molecule is COC1CCCN(C(=O)c2ccc(Br)cc2C(F)(F)F)C1. The van der Waals surface area contributed by atoms with Gasteiger partial charge in [0, 0.05) is 24.7 Å². The molecule has 1 unspecified atom stereocenters. The number of piperidine rings is 1. The van der Waals surface area contributed by atoms with Gasteiger partial charge in [-0.3, -0.25) is 4.79 Å². The van der Waals surface area contributed by atoms with E-state index in [0.717, 1.165) is 18.9 Å². The lowest BCUT2D eigenvalue weighted by molar-refractivity contribution is -0.138. The van der Waals surface area contributed by atoms with E-state index in [9.17, 15) is 18.0 Å². The van der Waals surface area contributed by atoms with Gasteiger partial charge in [0.15, 0.2) is 0 Å². The molecule has 0 spiro atoms. The first kappa shape index (κ1) is 16.3. The van der Waals surface area contributed by atoms with Crippen LogP contribution in [0.15, 0.2) is 22.7 Å². The standard InChI is InChI=1S/C14H15BrF3NO2/c1-21-10-3-2-6-19(8-10)13(20)11-5-4-9(15)7-12(11)14(16,17)18/h4-5,7,10H,2-3,6,8H2,1H3. The smallest absolute Gasteiger partial charge is 0.380 e. The Labute approximate surface area is 129 Å². The first-order valence-electron chi connectivity index (χ1n) is 6.51. The van der Waals surface area contributed by atoms with Gasteiger partial charge in [0.1, 0.15) is 0 Å². The van der Waals surface area contributed by atoms with Crippen molar-refractivity contribution in [1.29, 1.82) is 0 Å². The van der Waals surface area contributed by atoms with Gasteiger partial charge in [-0.1, -0.05) is 15.9 Å². The summed E-state index contributed by atoms with van der Waals surface area (Å²) in [5.41, 5.74) is -1.23. The zero-order valence-corrected chi connectivity index (χ0v) is 13.0. The van der Waals surface area contributed by atoms with E-state index >= 15 is 0 Å². The third kappa shape index (κ3) is 3.77. The van der Waals surface area contributed by atoms with Crippen LogP contribution in [0.2, 0.25) is 0 Å². The van der Waals surface area contributed by atoms with Gasteiger partial charge >= 0.3 is 6.18 Å². The Bertz CT molecular complexity index is 533. The molecule has 1 aromatic rings. The number of alkyl halides is 3. The third-order valence-electron chi connectivity index (χ3n) is 3.52. The second-order valence-electron chi connectivity index (χ2n) is 4.94. The van der Waals surface area contributed by atoms with Gasteiger partial charge in [0.25, 0.3) is 5.91 Å². The van der Waals surface area contributed by atoms with Crippen molar-refractivity contribution < 1.29 is 22.7 Å². The lowest BCUT2D eigenvalue weighted by Gasteiger charge is -2.32. The summed E-state index contributed by atoms with van der Waals surface area (Å²) in [6.45, 7) is 0.773. The molecule has 116 valence electrons. The quantitative estimate of drug-likeness (QED) is 0.799. The van der Waals surface area contributed by atoms with Gasteiger partial charge in [-0.15, -0.1) is 0 Å². The summed E-state index contributed by atoms with van der Waals surface area (Å²) in [5.74, 6) is -0.600. The number of carbonyl (C=O) groups is 1. The molecule has 1 fully saturated rings. The van der Waals surface area contributed by atoms with Gasteiger partial charge in [0.05, 0.1) is 17.2 Å². The highest BCUT2D eigenvalue weighted by Gasteiger charge is 2.37. The molecule has 1 saturated heterocycles. The molecule has 3 nitrogen and oxygen atoms in total. The Hall–Kier alpha value is -1.08. The molecule has 21 heavy (non-hydrogen) atoms. The minimum atomic E-state index is -4.56. The first-order chi connectivity index (χ1) is 9.82. The topological polar surface area (TPSA) is 29.5 Å². The van der Waals surface area contributed by atoms with E-state index in [4.69, 9.17) is 4.74 Å². The van der Waals surface area contributed by atoms with Crippen LogP contribution in [0.1, 0.15) is 28.8 Å². The second-order valence-corrected chi connectivity index (χ2v) is 5.85. The Morgan fingerprint density at radius 2 is 2.14 bits per heavy atom. The highest BCUT2D eigenvalue weighted by atomic mass is 79.9. The average Bonchev–Trinajstić information content (AvgIpc) is 2.45. The number of carbonyl (C=O) groups excluding carboxylic acids is 1. The lowest BCUT2D eigenvalue weighted by atomic mass is 10.0. The number of nitrogens with zero attached hydrogens (tertiary/aromatic N) is 1. The van der Waals surface area contributed by atoms with Gasteiger partial charge < -0.3 is 9.64 Å². The minimum absolute atomic E-state index is 0.118. The molecule has 7 heteroatoms. The molecule has 0 aliphatic carbocycles. The van der Waals surface area contributed by atoms with Crippen LogP contribution < -0.4 is 0 Å². The highest BCUT2D eigenvalue weighted by Crippen LogP contribution is 2.34. The van der Waals surface area contributed by atoms with Crippen LogP contribution >= 0.6 is 15.9 Å². The van der Waals surface area contributed by atoms with E-state index in [2.05, 4.69) is 15.9 Å². The van der Waals surface area contributed by atoms with Crippen molar-refractivity contribution in [2.24, 2.45) is 0 Å². The number of likely N-dealkylation sites (tertiary alicyclic amines) is 1. The maximum atomic E-state index is 13.1. The molecule has 1 atom stereocenters. The minimum Gasteiger partial charge on any atom is -0.380 e. The van der Waals surface area contributed by atoms with Crippen LogP contribution in [0, 0.1) is 0 Å². The zero-order chi connectivity index (χ0) is 15.6. The molecule has 0 aromatic heterocycles. The molecule has 2 rings (SSSR count). The summed E-state index contributed by atoms with van der Waals surface area (Å²) >= 11 is 3.01. The van der Waals surface area contributed by atoms with Crippen LogP contribution in [-0.2, 0) is 10.9 Å². The number of amides is 1. The summed E-state index contributed by atoms with van der Waals surface area (Å²) in [4.78, 5) is 13.8. The third-order valence-corrected chi connectivity index (χ3v) is 4.01. The molecule has 1 aromatic carbocycles. The Balaban J connectivity index is 2.31. The molecule has 1 aliphatic rings.